The lowest BCUT2D eigenvalue weighted by Crippen LogP contribution is -2.55. The van der Waals surface area contributed by atoms with Crippen molar-refractivity contribution in [3.05, 3.63) is 95.6 Å². The summed E-state index contributed by atoms with van der Waals surface area (Å²) < 4.78 is 11.7. The van der Waals surface area contributed by atoms with Crippen molar-refractivity contribution in [1.82, 2.24) is 10.6 Å². The van der Waals surface area contributed by atoms with Gasteiger partial charge in [0.15, 0.2) is 0 Å². The highest BCUT2D eigenvalue weighted by Gasteiger charge is 2.34. The van der Waals surface area contributed by atoms with E-state index in [-0.39, 0.29) is 43.4 Å². The van der Waals surface area contributed by atoms with Gasteiger partial charge in [0.1, 0.15) is 12.6 Å². The van der Waals surface area contributed by atoms with Crippen molar-refractivity contribution in [3.8, 4) is 11.1 Å². The SMILES string of the molecule is CC(OCc1ccccc1)C(NC(=O)OCC1c2ccccc2-c2ccccc21)C(=O)N[C@@H]1CC[C@H](CC(=O)O)C1. The number of aliphatic carboxylic acids is 1. The first-order valence-electron chi connectivity index (χ1n) is 14.2. The van der Waals surface area contributed by atoms with Crippen LogP contribution in [0.2, 0.25) is 0 Å². The topological polar surface area (TPSA) is 114 Å². The molecule has 41 heavy (non-hydrogen) atoms. The van der Waals surface area contributed by atoms with Crippen LogP contribution in [0.4, 0.5) is 4.79 Å². The average Bonchev–Trinajstić information content (AvgIpc) is 3.55. The van der Waals surface area contributed by atoms with Crippen LogP contribution in [0.3, 0.4) is 0 Å². The zero-order valence-corrected chi connectivity index (χ0v) is 23.1. The standard InChI is InChI=1S/C33H36N2O6/c1-21(40-19-22-9-3-2-4-10-22)31(32(38)34-24-16-15-23(17-24)18-30(36)37)35-33(39)41-20-29-27-13-7-5-11-25(27)26-12-6-8-14-28(26)29/h2-14,21,23-24,29,31H,15-20H2,1H3,(H,34,38)(H,35,39)(H,36,37)/t21?,23-,24+,31?/m0/s1. The van der Waals surface area contributed by atoms with E-state index in [1.807, 2.05) is 54.6 Å². The number of fused-ring (bicyclic) bond motifs is 3. The highest BCUT2D eigenvalue weighted by Crippen LogP contribution is 2.44. The molecule has 2 aliphatic rings. The van der Waals surface area contributed by atoms with Gasteiger partial charge < -0.3 is 25.2 Å². The lowest BCUT2D eigenvalue weighted by molar-refractivity contribution is -0.138. The summed E-state index contributed by atoms with van der Waals surface area (Å²) in [6.45, 7) is 2.16. The maximum absolute atomic E-state index is 13.4. The van der Waals surface area contributed by atoms with Gasteiger partial charge in [-0.2, -0.15) is 0 Å². The maximum Gasteiger partial charge on any atom is 0.407 e. The third-order valence-corrected chi connectivity index (χ3v) is 8.08. The van der Waals surface area contributed by atoms with E-state index >= 15 is 0 Å². The molecule has 3 aromatic rings. The Balaban J connectivity index is 1.24. The lowest BCUT2D eigenvalue weighted by Gasteiger charge is -2.26. The monoisotopic (exact) mass is 556 g/mol. The molecule has 2 unspecified atom stereocenters. The number of nitrogens with one attached hydrogen (secondary N) is 2. The number of carbonyl (C=O) groups is 3. The fourth-order valence-electron chi connectivity index (χ4n) is 5.99. The molecule has 2 amide bonds. The molecule has 3 N–H and O–H groups in total. The molecular weight excluding hydrogens is 520 g/mol. The summed E-state index contributed by atoms with van der Waals surface area (Å²) in [7, 11) is 0. The van der Waals surface area contributed by atoms with E-state index in [1.165, 1.54) is 0 Å². The number of amides is 2. The van der Waals surface area contributed by atoms with Crippen LogP contribution in [-0.4, -0.2) is 47.9 Å². The number of carboxylic acids is 1. The van der Waals surface area contributed by atoms with Crippen LogP contribution < -0.4 is 10.6 Å². The van der Waals surface area contributed by atoms with Crippen LogP contribution in [-0.2, 0) is 25.7 Å². The van der Waals surface area contributed by atoms with Gasteiger partial charge in [0, 0.05) is 18.4 Å². The number of rotatable bonds is 11. The van der Waals surface area contributed by atoms with E-state index in [0.29, 0.717) is 12.8 Å². The van der Waals surface area contributed by atoms with Gasteiger partial charge in [0.2, 0.25) is 5.91 Å². The smallest absolute Gasteiger partial charge is 0.407 e. The van der Waals surface area contributed by atoms with Crippen LogP contribution >= 0.6 is 0 Å². The van der Waals surface area contributed by atoms with E-state index in [9.17, 15) is 14.4 Å². The summed E-state index contributed by atoms with van der Waals surface area (Å²) in [5.74, 6) is -1.28. The Morgan fingerprint density at radius 3 is 2.20 bits per heavy atom. The van der Waals surface area contributed by atoms with Crippen LogP contribution in [0.5, 0.6) is 0 Å². The molecule has 8 heteroatoms. The molecule has 5 rings (SSSR count). The molecule has 3 aromatic carbocycles. The summed E-state index contributed by atoms with van der Waals surface area (Å²) in [6, 6.07) is 24.7. The molecule has 0 spiro atoms. The molecule has 0 aliphatic heterocycles. The molecule has 4 atom stereocenters. The number of carbonyl (C=O) groups excluding carboxylic acids is 2. The van der Waals surface area contributed by atoms with Crippen molar-refractivity contribution in [3.63, 3.8) is 0 Å². The van der Waals surface area contributed by atoms with E-state index in [1.54, 1.807) is 6.92 Å². The Kier molecular flexibility index (Phi) is 8.99. The molecule has 0 bridgehead atoms. The number of carboxylic acid groups (broad SMARTS) is 1. The largest absolute Gasteiger partial charge is 0.481 e. The molecule has 0 heterocycles. The molecule has 214 valence electrons. The molecule has 8 nitrogen and oxygen atoms in total. The van der Waals surface area contributed by atoms with Crippen molar-refractivity contribution >= 4 is 18.0 Å². The quantitative estimate of drug-likeness (QED) is 0.297. The summed E-state index contributed by atoms with van der Waals surface area (Å²) in [5.41, 5.74) is 5.43. The Morgan fingerprint density at radius 2 is 1.54 bits per heavy atom. The van der Waals surface area contributed by atoms with E-state index in [0.717, 1.165) is 34.2 Å². The van der Waals surface area contributed by atoms with Gasteiger partial charge in [-0.3, -0.25) is 9.59 Å². The minimum atomic E-state index is -0.993. The fraction of sp³-hybridized carbons (Fsp3) is 0.364. The highest BCUT2D eigenvalue weighted by atomic mass is 16.5. The van der Waals surface area contributed by atoms with E-state index in [2.05, 4.69) is 34.9 Å². The molecule has 0 saturated heterocycles. The number of alkyl carbamates (subject to hydrolysis) is 1. The molecule has 1 saturated carbocycles. The predicted molar refractivity (Wildman–Crippen MR) is 154 cm³/mol. The Morgan fingerprint density at radius 1 is 0.902 bits per heavy atom. The summed E-state index contributed by atoms with van der Waals surface area (Å²) in [6.07, 6.45) is 0.770. The van der Waals surface area contributed by atoms with Crippen LogP contribution in [0.15, 0.2) is 78.9 Å². The highest BCUT2D eigenvalue weighted by molar-refractivity contribution is 5.86. The normalized spacial score (nSPS) is 19.0. The molecule has 2 aliphatic carbocycles. The molecular formula is C33H36N2O6. The van der Waals surface area contributed by atoms with E-state index in [4.69, 9.17) is 14.6 Å². The number of benzene rings is 3. The summed E-state index contributed by atoms with van der Waals surface area (Å²) in [5, 5.41) is 14.9. The van der Waals surface area contributed by atoms with E-state index < -0.39 is 24.2 Å². The first-order chi connectivity index (χ1) is 19.9. The third kappa shape index (κ3) is 6.95. The second kappa shape index (κ2) is 13.0. The van der Waals surface area contributed by atoms with Gasteiger partial charge in [-0.05, 0) is 59.9 Å². The van der Waals surface area contributed by atoms with Gasteiger partial charge in [-0.25, -0.2) is 4.79 Å². The van der Waals surface area contributed by atoms with Crippen molar-refractivity contribution in [1.29, 1.82) is 0 Å². The van der Waals surface area contributed by atoms with Gasteiger partial charge in [-0.15, -0.1) is 0 Å². The van der Waals surface area contributed by atoms with Crippen LogP contribution in [0.25, 0.3) is 11.1 Å². The van der Waals surface area contributed by atoms with Gasteiger partial charge in [-0.1, -0.05) is 78.9 Å². The predicted octanol–water partition coefficient (Wildman–Crippen LogP) is 5.26. The molecule has 1 fully saturated rings. The molecule has 0 radical (unpaired) electrons. The number of hydrogen-bond donors (Lipinski definition) is 3. The minimum Gasteiger partial charge on any atom is -0.481 e. The van der Waals surface area contributed by atoms with Gasteiger partial charge in [0.05, 0.1) is 12.7 Å². The van der Waals surface area contributed by atoms with Gasteiger partial charge >= 0.3 is 12.1 Å². The molecule has 0 aromatic heterocycles. The maximum atomic E-state index is 13.4. The first kappa shape index (κ1) is 28.4. The Hall–Kier alpha value is -4.17. The van der Waals surface area contributed by atoms with Crippen molar-refractivity contribution < 1.29 is 29.0 Å². The van der Waals surface area contributed by atoms with Crippen molar-refractivity contribution in [2.24, 2.45) is 5.92 Å². The van der Waals surface area contributed by atoms with Gasteiger partial charge in [0.25, 0.3) is 0 Å². The second-order valence-electron chi connectivity index (χ2n) is 10.9. The van der Waals surface area contributed by atoms with Crippen LogP contribution in [0.1, 0.15) is 55.2 Å². The average molecular weight is 557 g/mol. The summed E-state index contributed by atoms with van der Waals surface area (Å²) in [4.78, 5) is 37.6. The number of hydrogen-bond acceptors (Lipinski definition) is 5. The van der Waals surface area contributed by atoms with Crippen LogP contribution in [0, 0.1) is 5.92 Å². The minimum absolute atomic E-state index is 0.0260. The Bertz CT molecular complexity index is 1330. The number of ether oxygens (including phenoxy) is 2. The van der Waals surface area contributed by atoms with Crippen molar-refractivity contribution in [2.75, 3.05) is 6.61 Å². The Labute approximate surface area is 240 Å². The zero-order chi connectivity index (χ0) is 28.8. The lowest BCUT2D eigenvalue weighted by atomic mass is 9.98. The second-order valence-corrected chi connectivity index (χ2v) is 10.9. The third-order valence-electron chi connectivity index (χ3n) is 8.08. The zero-order valence-electron chi connectivity index (χ0n) is 23.1. The summed E-state index contributed by atoms with van der Waals surface area (Å²) >= 11 is 0. The fourth-order valence-corrected chi connectivity index (χ4v) is 5.99. The first-order valence-corrected chi connectivity index (χ1v) is 14.2. The van der Waals surface area contributed by atoms with Crippen molar-refractivity contribution in [2.45, 2.75) is 63.3 Å².